The number of anilines is 1. The molecule has 11 nitrogen and oxygen atoms in total. The van der Waals surface area contributed by atoms with Crippen molar-refractivity contribution in [2.24, 2.45) is 5.41 Å². The van der Waals surface area contributed by atoms with Crippen molar-refractivity contribution in [2.75, 3.05) is 45.7 Å². The van der Waals surface area contributed by atoms with Gasteiger partial charge in [-0.05, 0) is 55.5 Å². The van der Waals surface area contributed by atoms with Gasteiger partial charge in [0.1, 0.15) is 23.7 Å². The normalized spacial score (nSPS) is 11.8. The molecule has 0 bridgehead atoms. The fraction of sp³-hybridized carbons (Fsp3) is 0.550. The molecule has 4 rings (SSSR count). The highest BCUT2D eigenvalue weighted by molar-refractivity contribution is 6.06. The van der Waals surface area contributed by atoms with E-state index in [2.05, 4.69) is 41.4 Å². The Kier molecular flexibility index (Phi) is 15.5. The van der Waals surface area contributed by atoms with Gasteiger partial charge in [0.2, 0.25) is 5.91 Å². The van der Waals surface area contributed by atoms with Crippen molar-refractivity contribution in [1.82, 2.24) is 25.2 Å². The van der Waals surface area contributed by atoms with E-state index < -0.39 is 0 Å². The molecule has 1 amide bonds. The summed E-state index contributed by atoms with van der Waals surface area (Å²) in [7, 11) is 1.61. The lowest BCUT2D eigenvalue weighted by atomic mass is 9.89. The number of aromatic nitrogens is 3. The number of unbranched alkanes of at least 4 members (excludes halogenated alkanes) is 6. The summed E-state index contributed by atoms with van der Waals surface area (Å²) >= 11 is 0. The number of nitrogen functional groups attached to an aromatic ring is 1. The molecule has 0 unspecified atom stereocenters. The van der Waals surface area contributed by atoms with Crippen molar-refractivity contribution in [1.29, 1.82) is 0 Å². The Bertz CT molecular complexity index is 1760. The molecule has 0 saturated heterocycles. The van der Waals surface area contributed by atoms with Crippen molar-refractivity contribution in [3.8, 4) is 5.75 Å². The van der Waals surface area contributed by atoms with Gasteiger partial charge in [0.05, 0.1) is 24.2 Å². The third-order valence-corrected chi connectivity index (χ3v) is 9.09. The smallest absolute Gasteiger partial charge is 0.326 e. The number of amides is 1. The summed E-state index contributed by atoms with van der Waals surface area (Å²) in [6.45, 7) is 10.6. The monoisotopic (exact) mass is 702 g/mol. The van der Waals surface area contributed by atoms with Crippen LogP contribution in [0.15, 0.2) is 47.3 Å². The first kappa shape index (κ1) is 39.6. The number of imidazole rings is 1. The van der Waals surface area contributed by atoms with E-state index in [1.807, 2.05) is 24.3 Å². The van der Waals surface area contributed by atoms with Gasteiger partial charge < -0.3 is 30.8 Å². The average Bonchev–Trinajstić information content (AvgIpc) is 3.43. The summed E-state index contributed by atoms with van der Waals surface area (Å²) in [5.74, 6) is 0.638. The molecule has 0 radical (unpaired) electrons. The molecule has 2 aromatic carbocycles. The molecule has 0 saturated carbocycles. The Morgan fingerprint density at radius 3 is 2.31 bits per heavy atom. The number of benzene rings is 2. The van der Waals surface area contributed by atoms with Crippen molar-refractivity contribution in [2.45, 2.75) is 97.9 Å². The third kappa shape index (κ3) is 12.8. The number of carbonyl (C=O) groups excluding carboxylic acids is 2. The van der Waals surface area contributed by atoms with Crippen LogP contribution in [0.4, 0.5) is 5.82 Å². The number of rotatable bonds is 23. The average molecular weight is 703 g/mol. The van der Waals surface area contributed by atoms with Crippen molar-refractivity contribution < 1.29 is 19.1 Å². The van der Waals surface area contributed by atoms with Crippen LogP contribution < -0.4 is 26.8 Å². The molecule has 278 valence electrons. The topological polar surface area (TPSA) is 153 Å². The number of ketones is 1. The van der Waals surface area contributed by atoms with E-state index in [4.69, 9.17) is 15.2 Å². The zero-order chi connectivity index (χ0) is 36.6. The predicted octanol–water partition coefficient (Wildman–Crippen LogP) is 6.76. The molecular weight excluding hydrogens is 644 g/mol. The standard InChI is InChI=1S/C40H58N6O5/c1-40(2,3)21-10-8-6-5-7-9-11-22-42-23-12-24-43-35(48)20-19-34(47)30-15-13-29(14-16-30)28-46-37-32-18-17-31(51-26-25-50-4)27-33(32)44-38(41)36(37)45-39(46)49/h13-18,27,42H,5-12,19-26,28H2,1-4H3,(H2,41,44)(H,43,48)(H,45,49). The molecule has 0 aliphatic heterocycles. The summed E-state index contributed by atoms with van der Waals surface area (Å²) < 4.78 is 12.4. The van der Waals surface area contributed by atoms with Crippen LogP contribution in [0.25, 0.3) is 21.9 Å². The van der Waals surface area contributed by atoms with E-state index in [0.717, 1.165) is 30.5 Å². The van der Waals surface area contributed by atoms with Crippen molar-refractivity contribution in [3.05, 3.63) is 64.1 Å². The lowest BCUT2D eigenvalue weighted by molar-refractivity contribution is -0.121. The molecule has 4 aromatic rings. The number of aromatic amines is 1. The van der Waals surface area contributed by atoms with Gasteiger partial charge in [0, 0.05) is 43.5 Å². The van der Waals surface area contributed by atoms with E-state index in [9.17, 15) is 14.4 Å². The highest BCUT2D eigenvalue weighted by Crippen LogP contribution is 2.29. The second-order valence-electron chi connectivity index (χ2n) is 14.6. The summed E-state index contributed by atoms with van der Waals surface area (Å²) in [5.41, 5.74) is 9.48. The minimum Gasteiger partial charge on any atom is -0.491 e. The van der Waals surface area contributed by atoms with Gasteiger partial charge in [-0.15, -0.1) is 0 Å². The minimum absolute atomic E-state index is 0.0964. The fourth-order valence-corrected chi connectivity index (χ4v) is 6.20. The van der Waals surface area contributed by atoms with E-state index in [0.29, 0.717) is 53.0 Å². The van der Waals surface area contributed by atoms with Crippen LogP contribution in [0.2, 0.25) is 0 Å². The summed E-state index contributed by atoms with van der Waals surface area (Å²) in [4.78, 5) is 45.5. The number of fused-ring (bicyclic) bond motifs is 3. The van der Waals surface area contributed by atoms with Gasteiger partial charge in [-0.1, -0.05) is 83.6 Å². The predicted molar refractivity (Wildman–Crippen MR) is 206 cm³/mol. The zero-order valence-electron chi connectivity index (χ0n) is 31.1. The molecule has 51 heavy (non-hydrogen) atoms. The van der Waals surface area contributed by atoms with E-state index in [1.165, 1.54) is 51.4 Å². The molecule has 0 fully saturated rings. The Hall–Kier alpha value is -4.22. The van der Waals surface area contributed by atoms with E-state index in [-0.39, 0.29) is 42.6 Å². The first-order chi connectivity index (χ1) is 24.6. The van der Waals surface area contributed by atoms with Gasteiger partial charge in [-0.3, -0.25) is 14.2 Å². The highest BCUT2D eigenvalue weighted by Gasteiger charge is 2.16. The number of H-pyrrole nitrogens is 1. The number of nitrogens with two attached hydrogens (primary N) is 1. The van der Waals surface area contributed by atoms with Crippen LogP contribution in [-0.4, -0.2) is 66.2 Å². The molecule has 5 N–H and O–H groups in total. The molecule has 0 aliphatic rings. The van der Waals surface area contributed by atoms with Gasteiger partial charge in [-0.2, -0.15) is 0 Å². The zero-order valence-corrected chi connectivity index (χ0v) is 31.1. The molecular formula is C40H58N6O5. The number of carbonyl (C=O) groups is 2. The van der Waals surface area contributed by atoms with Crippen LogP contribution in [-0.2, 0) is 16.1 Å². The maximum atomic E-state index is 13.0. The van der Waals surface area contributed by atoms with E-state index >= 15 is 0 Å². The second-order valence-corrected chi connectivity index (χ2v) is 14.6. The molecule has 0 aliphatic carbocycles. The first-order valence-corrected chi connectivity index (χ1v) is 18.6. The quantitative estimate of drug-likeness (QED) is 0.0489. The summed E-state index contributed by atoms with van der Waals surface area (Å²) in [6.07, 6.45) is 11.6. The largest absolute Gasteiger partial charge is 0.491 e. The molecule has 11 heteroatoms. The summed E-state index contributed by atoms with van der Waals surface area (Å²) in [5, 5.41) is 7.15. The van der Waals surface area contributed by atoms with Crippen LogP contribution in [0.5, 0.6) is 5.75 Å². The van der Waals surface area contributed by atoms with Gasteiger partial charge in [0.25, 0.3) is 0 Å². The number of methoxy groups -OCH3 is 1. The van der Waals surface area contributed by atoms with Crippen molar-refractivity contribution >= 4 is 39.4 Å². The molecule has 0 atom stereocenters. The maximum Gasteiger partial charge on any atom is 0.326 e. The van der Waals surface area contributed by atoms with Gasteiger partial charge in [0.15, 0.2) is 5.78 Å². The second kappa shape index (κ2) is 20.0. The molecule has 2 aromatic heterocycles. The Labute approximate surface area is 302 Å². The van der Waals surface area contributed by atoms with Crippen LogP contribution in [0.1, 0.15) is 107 Å². The minimum atomic E-state index is -0.309. The number of nitrogens with one attached hydrogen (secondary N) is 3. The first-order valence-electron chi connectivity index (χ1n) is 18.6. The molecule has 0 spiro atoms. The fourth-order valence-electron chi connectivity index (χ4n) is 6.20. The highest BCUT2D eigenvalue weighted by atomic mass is 16.5. The third-order valence-electron chi connectivity index (χ3n) is 9.09. The number of pyridine rings is 1. The van der Waals surface area contributed by atoms with Crippen LogP contribution in [0.3, 0.4) is 0 Å². The Morgan fingerprint density at radius 1 is 0.882 bits per heavy atom. The van der Waals surface area contributed by atoms with E-state index in [1.54, 1.807) is 29.9 Å². The Balaban J connectivity index is 1.15. The van der Waals surface area contributed by atoms with Gasteiger partial charge in [-0.25, -0.2) is 9.78 Å². The maximum absolute atomic E-state index is 13.0. The van der Waals surface area contributed by atoms with Crippen LogP contribution >= 0.6 is 0 Å². The van der Waals surface area contributed by atoms with Crippen molar-refractivity contribution in [3.63, 3.8) is 0 Å². The summed E-state index contributed by atoms with van der Waals surface area (Å²) in [6, 6.07) is 12.6. The van der Waals surface area contributed by atoms with Crippen LogP contribution in [0, 0.1) is 5.41 Å². The number of hydrogen-bond acceptors (Lipinski definition) is 8. The number of nitrogens with zero attached hydrogens (tertiary/aromatic N) is 2. The number of Topliss-reactive ketones (excluding diaryl/α,β-unsaturated/α-hetero) is 1. The molecule has 2 heterocycles. The number of hydrogen-bond donors (Lipinski definition) is 4. The Morgan fingerprint density at radius 2 is 1.59 bits per heavy atom. The van der Waals surface area contributed by atoms with Gasteiger partial charge >= 0.3 is 5.69 Å². The lowest BCUT2D eigenvalue weighted by Crippen LogP contribution is -2.27. The SMILES string of the molecule is COCCOc1ccc2c(c1)nc(N)c1[nH]c(=O)n(Cc3ccc(C(=O)CCC(=O)NCCCNCCCCCCCCCC(C)(C)C)cc3)c12. The number of ether oxygens (including phenoxy) is 2. The lowest BCUT2D eigenvalue weighted by Gasteiger charge is -2.17.